The van der Waals surface area contributed by atoms with Crippen LogP contribution in [0, 0.1) is 17.7 Å². The van der Waals surface area contributed by atoms with Crippen molar-refractivity contribution in [2.75, 3.05) is 0 Å². The minimum Gasteiger partial charge on any atom is -0.506 e. The van der Waals surface area contributed by atoms with Crippen LogP contribution >= 0.6 is 0 Å². The molecule has 2 aromatic rings. The van der Waals surface area contributed by atoms with Crippen LogP contribution in [0.5, 0.6) is 5.75 Å². The first kappa shape index (κ1) is 10.2. The smallest absolute Gasteiger partial charge is 0.135 e. The van der Waals surface area contributed by atoms with Gasteiger partial charge in [-0.3, -0.25) is 4.98 Å². The SMILES string of the molecule is Oc1cncc(C#Cc2ccc(F)cc2)c1. The zero-order valence-electron chi connectivity index (χ0n) is 8.31. The van der Waals surface area contributed by atoms with E-state index in [1.54, 1.807) is 18.3 Å². The first-order chi connectivity index (χ1) is 7.74. The quantitative estimate of drug-likeness (QED) is 0.681. The monoisotopic (exact) mass is 213 g/mol. The third-order valence-electron chi connectivity index (χ3n) is 1.92. The summed E-state index contributed by atoms with van der Waals surface area (Å²) in [4.78, 5) is 3.80. The second-order valence-electron chi connectivity index (χ2n) is 3.19. The molecule has 0 saturated heterocycles. The molecule has 0 aliphatic heterocycles. The number of benzene rings is 1. The van der Waals surface area contributed by atoms with Gasteiger partial charge in [-0.05, 0) is 30.3 Å². The van der Waals surface area contributed by atoms with Crippen LogP contribution in [0.3, 0.4) is 0 Å². The van der Waals surface area contributed by atoms with Gasteiger partial charge in [-0.2, -0.15) is 0 Å². The van der Waals surface area contributed by atoms with E-state index in [1.807, 2.05) is 0 Å². The first-order valence-corrected chi connectivity index (χ1v) is 4.66. The summed E-state index contributed by atoms with van der Waals surface area (Å²) in [6.07, 6.45) is 2.89. The van der Waals surface area contributed by atoms with Crippen molar-refractivity contribution in [1.29, 1.82) is 0 Å². The molecular weight excluding hydrogens is 205 g/mol. The number of aromatic nitrogens is 1. The molecule has 1 aromatic heterocycles. The molecule has 0 aliphatic rings. The summed E-state index contributed by atoms with van der Waals surface area (Å²) in [5.41, 5.74) is 1.33. The molecule has 16 heavy (non-hydrogen) atoms. The van der Waals surface area contributed by atoms with Gasteiger partial charge in [0.25, 0.3) is 0 Å². The molecule has 2 nitrogen and oxygen atoms in total. The normalized spacial score (nSPS) is 9.31. The van der Waals surface area contributed by atoms with Gasteiger partial charge in [0, 0.05) is 17.3 Å². The Bertz CT molecular complexity index is 552. The molecule has 0 bridgehead atoms. The van der Waals surface area contributed by atoms with Crippen molar-refractivity contribution in [2.24, 2.45) is 0 Å². The van der Waals surface area contributed by atoms with Crippen LogP contribution in [0.25, 0.3) is 0 Å². The van der Waals surface area contributed by atoms with Crippen LogP contribution < -0.4 is 0 Å². The predicted molar refractivity (Wildman–Crippen MR) is 58.3 cm³/mol. The second-order valence-corrected chi connectivity index (χ2v) is 3.19. The third kappa shape index (κ3) is 2.58. The van der Waals surface area contributed by atoms with Gasteiger partial charge >= 0.3 is 0 Å². The van der Waals surface area contributed by atoms with Crippen LogP contribution in [-0.4, -0.2) is 10.1 Å². The molecule has 0 spiro atoms. The fourth-order valence-electron chi connectivity index (χ4n) is 1.17. The Kier molecular flexibility index (Phi) is 2.84. The lowest BCUT2D eigenvalue weighted by Crippen LogP contribution is -1.79. The van der Waals surface area contributed by atoms with Gasteiger partial charge < -0.3 is 5.11 Å². The Morgan fingerprint density at radius 1 is 1.00 bits per heavy atom. The zero-order chi connectivity index (χ0) is 11.4. The minimum atomic E-state index is -0.287. The summed E-state index contributed by atoms with van der Waals surface area (Å²) < 4.78 is 12.6. The summed E-state index contributed by atoms with van der Waals surface area (Å²) in [6, 6.07) is 7.41. The van der Waals surface area contributed by atoms with Crippen LogP contribution in [0.15, 0.2) is 42.7 Å². The van der Waals surface area contributed by atoms with E-state index < -0.39 is 0 Å². The lowest BCUT2D eigenvalue weighted by Gasteiger charge is -1.91. The molecule has 0 amide bonds. The fourth-order valence-corrected chi connectivity index (χ4v) is 1.17. The number of nitrogens with zero attached hydrogens (tertiary/aromatic N) is 1. The van der Waals surface area contributed by atoms with Crippen molar-refractivity contribution >= 4 is 0 Å². The predicted octanol–water partition coefficient (Wildman–Crippen LogP) is 2.33. The Hall–Kier alpha value is -2.34. The molecule has 1 N–H and O–H groups in total. The van der Waals surface area contributed by atoms with Crippen molar-refractivity contribution in [3.63, 3.8) is 0 Å². The highest BCUT2D eigenvalue weighted by Crippen LogP contribution is 2.07. The van der Waals surface area contributed by atoms with E-state index in [-0.39, 0.29) is 11.6 Å². The van der Waals surface area contributed by atoms with E-state index in [0.29, 0.717) is 11.1 Å². The maximum atomic E-state index is 12.6. The van der Waals surface area contributed by atoms with Crippen molar-refractivity contribution in [2.45, 2.75) is 0 Å². The van der Waals surface area contributed by atoms with Gasteiger partial charge in [0.2, 0.25) is 0 Å². The van der Waals surface area contributed by atoms with E-state index in [0.717, 1.165) is 0 Å². The minimum absolute atomic E-state index is 0.0749. The standard InChI is InChI=1S/C13H8FNO/c14-12-5-3-10(4-6-12)1-2-11-7-13(16)9-15-8-11/h3-9,16H. The number of pyridine rings is 1. The summed E-state index contributed by atoms with van der Waals surface area (Å²) in [7, 11) is 0. The lowest BCUT2D eigenvalue weighted by atomic mass is 10.2. The molecule has 0 atom stereocenters. The zero-order valence-corrected chi connectivity index (χ0v) is 8.31. The van der Waals surface area contributed by atoms with E-state index >= 15 is 0 Å². The number of aromatic hydroxyl groups is 1. The molecular formula is C13H8FNO. The number of rotatable bonds is 0. The summed E-state index contributed by atoms with van der Waals surface area (Å²) in [5.74, 6) is 5.46. The van der Waals surface area contributed by atoms with E-state index in [9.17, 15) is 4.39 Å². The average molecular weight is 213 g/mol. The largest absolute Gasteiger partial charge is 0.506 e. The molecule has 0 fully saturated rings. The van der Waals surface area contributed by atoms with Gasteiger partial charge in [0.1, 0.15) is 11.6 Å². The van der Waals surface area contributed by atoms with Gasteiger partial charge in [-0.15, -0.1) is 0 Å². The Morgan fingerprint density at radius 2 is 1.69 bits per heavy atom. The molecule has 1 aromatic carbocycles. The highest BCUT2D eigenvalue weighted by atomic mass is 19.1. The molecule has 0 unspecified atom stereocenters. The topological polar surface area (TPSA) is 33.1 Å². The van der Waals surface area contributed by atoms with Gasteiger partial charge in [-0.25, -0.2) is 4.39 Å². The van der Waals surface area contributed by atoms with Crippen LogP contribution in [0.2, 0.25) is 0 Å². The van der Waals surface area contributed by atoms with Gasteiger partial charge in [0.15, 0.2) is 0 Å². The molecule has 78 valence electrons. The Balaban J connectivity index is 2.25. The lowest BCUT2D eigenvalue weighted by molar-refractivity contribution is 0.472. The van der Waals surface area contributed by atoms with E-state index in [4.69, 9.17) is 5.11 Å². The van der Waals surface area contributed by atoms with Gasteiger partial charge in [0.05, 0.1) is 6.20 Å². The number of hydrogen-bond acceptors (Lipinski definition) is 2. The molecule has 2 rings (SSSR count). The first-order valence-electron chi connectivity index (χ1n) is 4.66. The molecule has 1 heterocycles. The Labute approximate surface area is 92.4 Å². The summed E-state index contributed by atoms with van der Waals surface area (Å²) in [5, 5.41) is 9.17. The van der Waals surface area contributed by atoms with Crippen molar-refractivity contribution in [1.82, 2.24) is 4.98 Å². The highest BCUT2D eigenvalue weighted by Gasteiger charge is 1.91. The third-order valence-corrected chi connectivity index (χ3v) is 1.92. The number of hydrogen-bond donors (Lipinski definition) is 1. The maximum Gasteiger partial charge on any atom is 0.135 e. The van der Waals surface area contributed by atoms with Gasteiger partial charge in [-0.1, -0.05) is 11.8 Å². The average Bonchev–Trinajstić information content (AvgIpc) is 2.28. The fraction of sp³-hybridized carbons (Fsp3) is 0. The van der Waals surface area contributed by atoms with Crippen molar-refractivity contribution in [3.05, 3.63) is 59.7 Å². The van der Waals surface area contributed by atoms with E-state index in [2.05, 4.69) is 16.8 Å². The van der Waals surface area contributed by atoms with Crippen LogP contribution in [0.1, 0.15) is 11.1 Å². The molecule has 0 radical (unpaired) electrons. The van der Waals surface area contributed by atoms with E-state index in [1.165, 1.54) is 24.4 Å². The maximum absolute atomic E-state index is 12.6. The van der Waals surface area contributed by atoms with Crippen molar-refractivity contribution < 1.29 is 9.50 Å². The van der Waals surface area contributed by atoms with Crippen LogP contribution in [-0.2, 0) is 0 Å². The molecule has 0 saturated carbocycles. The summed E-state index contributed by atoms with van der Waals surface area (Å²) >= 11 is 0. The highest BCUT2D eigenvalue weighted by molar-refractivity contribution is 5.43. The molecule has 0 aliphatic carbocycles. The van der Waals surface area contributed by atoms with Crippen molar-refractivity contribution in [3.8, 4) is 17.6 Å². The molecule has 3 heteroatoms. The summed E-state index contributed by atoms with van der Waals surface area (Å²) in [6.45, 7) is 0. The Morgan fingerprint density at radius 3 is 2.38 bits per heavy atom. The number of halogens is 1. The second kappa shape index (κ2) is 4.45. The van der Waals surface area contributed by atoms with Crippen LogP contribution in [0.4, 0.5) is 4.39 Å².